The van der Waals surface area contributed by atoms with Crippen molar-refractivity contribution in [3.8, 4) is 17.2 Å². The Labute approximate surface area is 244 Å². The predicted molar refractivity (Wildman–Crippen MR) is 160 cm³/mol. The summed E-state index contributed by atoms with van der Waals surface area (Å²) < 4.78 is 23.0. The summed E-state index contributed by atoms with van der Waals surface area (Å²) >= 11 is 6.38. The van der Waals surface area contributed by atoms with Crippen LogP contribution in [0.5, 0.6) is 17.2 Å². The highest BCUT2D eigenvalue weighted by atomic mass is 35.5. The number of carbonyl (C=O) groups is 1. The van der Waals surface area contributed by atoms with Crippen LogP contribution < -0.4 is 19.6 Å². The minimum absolute atomic E-state index is 0.0656. The molecule has 1 aromatic heterocycles. The van der Waals surface area contributed by atoms with Gasteiger partial charge in [0.15, 0.2) is 16.9 Å². The summed E-state index contributed by atoms with van der Waals surface area (Å²) in [7, 11) is 3.18. The molecule has 7 nitrogen and oxygen atoms in total. The Morgan fingerprint density at radius 2 is 1.78 bits per heavy atom. The lowest BCUT2D eigenvalue weighted by molar-refractivity contribution is 0.0729. The second-order valence-corrected chi connectivity index (χ2v) is 10.6. The van der Waals surface area contributed by atoms with Crippen LogP contribution in [-0.4, -0.2) is 38.2 Å². The van der Waals surface area contributed by atoms with Crippen molar-refractivity contribution in [1.82, 2.24) is 4.90 Å². The summed E-state index contributed by atoms with van der Waals surface area (Å²) in [6, 6.07) is 16.0. The number of fused-ring (bicyclic) bond motifs is 2. The van der Waals surface area contributed by atoms with E-state index in [1.54, 1.807) is 31.3 Å². The third-order valence-electron chi connectivity index (χ3n) is 7.53. The lowest BCUT2D eigenvalue weighted by Gasteiger charge is -2.25. The van der Waals surface area contributed by atoms with E-state index in [0.717, 1.165) is 36.0 Å². The Morgan fingerprint density at radius 3 is 2.54 bits per heavy atom. The van der Waals surface area contributed by atoms with Crippen LogP contribution in [0.4, 0.5) is 0 Å². The minimum atomic E-state index is -0.641. The fourth-order valence-corrected chi connectivity index (χ4v) is 5.48. The van der Waals surface area contributed by atoms with Crippen LogP contribution in [0.25, 0.3) is 11.0 Å². The molecular formula is C33H34ClNO6. The number of unbranched alkanes of at least 4 members (excludes halogenated alkanes) is 2. The van der Waals surface area contributed by atoms with Crippen LogP contribution in [0, 0.1) is 6.92 Å². The number of nitrogens with zero attached hydrogens (tertiary/aromatic N) is 1. The van der Waals surface area contributed by atoms with Crippen LogP contribution in [0.3, 0.4) is 0 Å². The maximum absolute atomic E-state index is 14.0. The van der Waals surface area contributed by atoms with Gasteiger partial charge < -0.3 is 23.5 Å². The van der Waals surface area contributed by atoms with E-state index in [2.05, 4.69) is 6.92 Å². The Morgan fingerprint density at radius 1 is 0.976 bits per heavy atom. The molecule has 1 unspecified atom stereocenters. The van der Waals surface area contributed by atoms with Gasteiger partial charge in [-0.05, 0) is 72.9 Å². The molecule has 1 aliphatic heterocycles. The third-order valence-corrected chi connectivity index (χ3v) is 7.93. The molecule has 3 aromatic carbocycles. The summed E-state index contributed by atoms with van der Waals surface area (Å²) in [5, 5.41) is 0.823. The zero-order valence-electron chi connectivity index (χ0n) is 23.8. The standard InChI is InChI=1S/C33H34ClNO6/c1-5-6-7-15-40-23-10-8-9-22(18-23)30-29-31(36)24-19-25(34)20(2)16-27(24)41-32(29)33(37)35(30)14-13-21-11-12-26(38-3)28(17-21)39-4/h8-12,16-19,30H,5-7,13-15H2,1-4H3. The van der Waals surface area contributed by atoms with E-state index in [1.807, 2.05) is 49.4 Å². The number of benzene rings is 3. The van der Waals surface area contributed by atoms with Crippen LogP contribution >= 0.6 is 11.6 Å². The quantitative estimate of drug-likeness (QED) is 0.177. The van der Waals surface area contributed by atoms with Crippen molar-refractivity contribution in [3.05, 3.63) is 97.9 Å². The van der Waals surface area contributed by atoms with Gasteiger partial charge in [0.2, 0.25) is 5.76 Å². The van der Waals surface area contributed by atoms with Gasteiger partial charge in [-0.3, -0.25) is 9.59 Å². The van der Waals surface area contributed by atoms with Crippen molar-refractivity contribution < 1.29 is 23.4 Å². The molecule has 0 saturated carbocycles. The molecule has 214 valence electrons. The second-order valence-electron chi connectivity index (χ2n) is 10.2. The van der Waals surface area contributed by atoms with Gasteiger partial charge in [0.1, 0.15) is 11.3 Å². The number of carbonyl (C=O) groups excluding carboxylic acids is 1. The second kappa shape index (κ2) is 12.3. The third kappa shape index (κ3) is 5.64. The molecular weight excluding hydrogens is 542 g/mol. The molecule has 0 fully saturated rings. The normalized spacial score (nSPS) is 14.4. The highest BCUT2D eigenvalue weighted by molar-refractivity contribution is 6.32. The van der Waals surface area contributed by atoms with Gasteiger partial charge in [0, 0.05) is 11.6 Å². The van der Waals surface area contributed by atoms with E-state index >= 15 is 0 Å². The molecule has 0 spiro atoms. The van der Waals surface area contributed by atoms with Crippen LogP contribution in [0.1, 0.15) is 65.0 Å². The molecule has 0 bridgehead atoms. The van der Waals surface area contributed by atoms with Crippen LogP contribution in [0.15, 0.2) is 63.8 Å². The van der Waals surface area contributed by atoms with E-state index < -0.39 is 6.04 Å². The number of hydrogen-bond acceptors (Lipinski definition) is 6. The van der Waals surface area contributed by atoms with E-state index in [1.165, 1.54) is 0 Å². The van der Waals surface area contributed by atoms with Crippen molar-refractivity contribution in [1.29, 1.82) is 0 Å². The van der Waals surface area contributed by atoms with Gasteiger partial charge in [0.05, 0.1) is 37.8 Å². The average Bonchev–Trinajstić information content (AvgIpc) is 3.26. The number of rotatable bonds is 11. The highest BCUT2D eigenvalue weighted by Gasteiger charge is 2.42. The summed E-state index contributed by atoms with van der Waals surface area (Å²) in [4.78, 5) is 29.6. The SMILES string of the molecule is CCCCCOc1cccc(C2c3c(oc4cc(C)c(Cl)cc4c3=O)C(=O)N2CCc2ccc(OC)c(OC)c2)c1. The molecule has 2 heterocycles. The zero-order chi connectivity index (χ0) is 29.1. The van der Waals surface area contributed by atoms with Crippen molar-refractivity contribution >= 4 is 28.5 Å². The number of aryl methyl sites for hydroxylation is 1. The molecule has 0 radical (unpaired) electrons. The number of hydrogen-bond donors (Lipinski definition) is 0. The highest BCUT2D eigenvalue weighted by Crippen LogP contribution is 2.40. The van der Waals surface area contributed by atoms with Crippen LogP contribution in [0.2, 0.25) is 5.02 Å². The van der Waals surface area contributed by atoms with E-state index in [-0.39, 0.29) is 17.1 Å². The monoisotopic (exact) mass is 575 g/mol. The van der Waals surface area contributed by atoms with Gasteiger partial charge in [0.25, 0.3) is 5.91 Å². The molecule has 0 saturated heterocycles. The number of halogens is 1. The van der Waals surface area contributed by atoms with Gasteiger partial charge in [-0.25, -0.2) is 0 Å². The lowest BCUT2D eigenvalue weighted by atomic mass is 9.97. The molecule has 8 heteroatoms. The molecule has 0 N–H and O–H groups in total. The van der Waals surface area contributed by atoms with Gasteiger partial charge in [-0.2, -0.15) is 0 Å². The van der Waals surface area contributed by atoms with Crippen molar-refractivity contribution in [3.63, 3.8) is 0 Å². The molecule has 5 rings (SSSR count). The summed E-state index contributed by atoms with van der Waals surface area (Å²) in [6.07, 6.45) is 3.68. The molecule has 1 amide bonds. The zero-order valence-corrected chi connectivity index (χ0v) is 24.5. The predicted octanol–water partition coefficient (Wildman–Crippen LogP) is 7.13. The molecule has 41 heavy (non-hydrogen) atoms. The molecule has 1 atom stereocenters. The lowest BCUT2D eigenvalue weighted by Crippen LogP contribution is -2.31. The summed E-state index contributed by atoms with van der Waals surface area (Å²) in [5.74, 6) is 1.68. The fourth-order valence-electron chi connectivity index (χ4n) is 5.32. The first-order chi connectivity index (χ1) is 19.9. The van der Waals surface area contributed by atoms with E-state index in [9.17, 15) is 9.59 Å². The summed E-state index contributed by atoms with van der Waals surface area (Å²) in [6.45, 7) is 4.93. The Bertz CT molecular complexity index is 1650. The molecule has 0 aliphatic carbocycles. The van der Waals surface area contributed by atoms with E-state index in [4.69, 9.17) is 30.2 Å². The van der Waals surface area contributed by atoms with Crippen molar-refractivity contribution in [2.75, 3.05) is 27.4 Å². The van der Waals surface area contributed by atoms with Crippen LogP contribution in [-0.2, 0) is 6.42 Å². The Balaban J connectivity index is 1.56. The maximum atomic E-state index is 14.0. The maximum Gasteiger partial charge on any atom is 0.290 e. The topological polar surface area (TPSA) is 78.2 Å². The minimum Gasteiger partial charge on any atom is -0.494 e. The van der Waals surface area contributed by atoms with E-state index in [0.29, 0.717) is 58.4 Å². The average molecular weight is 576 g/mol. The first-order valence-corrected chi connectivity index (χ1v) is 14.3. The summed E-state index contributed by atoms with van der Waals surface area (Å²) in [5.41, 5.74) is 2.91. The van der Waals surface area contributed by atoms with Gasteiger partial charge >= 0.3 is 0 Å². The van der Waals surface area contributed by atoms with Gasteiger partial charge in [-0.1, -0.05) is 49.6 Å². The largest absolute Gasteiger partial charge is 0.494 e. The Kier molecular flexibility index (Phi) is 8.54. The van der Waals surface area contributed by atoms with Crippen molar-refractivity contribution in [2.45, 2.75) is 45.6 Å². The fraction of sp³-hybridized carbons (Fsp3) is 0.333. The first kappa shape index (κ1) is 28.6. The van der Waals surface area contributed by atoms with Gasteiger partial charge in [-0.15, -0.1) is 0 Å². The molecule has 1 aliphatic rings. The number of ether oxygens (including phenoxy) is 3. The Hall–Kier alpha value is -3.97. The molecule has 4 aromatic rings. The first-order valence-electron chi connectivity index (χ1n) is 13.9. The number of amides is 1. The van der Waals surface area contributed by atoms with Crippen molar-refractivity contribution in [2.24, 2.45) is 0 Å². The number of methoxy groups -OCH3 is 2. The smallest absolute Gasteiger partial charge is 0.290 e.